The van der Waals surface area contributed by atoms with E-state index in [9.17, 15) is 13.2 Å². The molecule has 10 nitrogen and oxygen atoms in total. The van der Waals surface area contributed by atoms with Crippen LogP contribution < -0.4 is 14.8 Å². The molecule has 1 amide bonds. The van der Waals surface area contributed by atoms with Crippen LogP contribution in [-0.2, 0) is 27.7 Å². The largest absolute Gasteiger partial charge is 0.490 e. The fourth-order valence-electron chi connectivity index (χ4n) is 4.16. The molecule has 3 heterocycles. The van der Waals surface area contributed by atoms with Crippen LogP contribution in [0.3, 0.4) is 0 Å². The van der Waals surface area contributed by atoms with Gasteiger partial charge in [-0.15, -0.1) is 0 Å². The van der Waals surface area contributed by atoms with E-state index in [-0.39, 0.29) is 29.1 Å². The zero-order valence-corrected chi connectivity index (χ0v) is 21.3. The van der Waals surface area contributed by atoms with Crippen molar-refractivity contribution >= 4 is 27.4 Å². The number of ether oxygens (including phenoxy) is 1. The zero-order valence-electron chi connectivity index (χ0n) is 20.5. The maximum absolute atomic E-state index is 12.7. The first-order valence-corrected chi connectivity index (χ1v) is 13.1. The van der Waals surface area contributed by atoms with Crippen molar-refractivity contribution in [1.29, 1.82) is 0 Å². The van der Waals surface area contributed by atoms with Crippen LogP contribution in [-0.4, -0.2) is 35.6 Å². The van der Waals surface area contributed by atoms with Crippen molar-refractivity contribution in [2.75, 3.05) is 10.0 Å². The molecule has 2 N–H and O–H groups in total. The van der Waals surface area contributed by atoms with Gasteiger partial charge in [0.1, 0.15) is 23.5 Å². The summed E-state index contributed by atoms with van der Waals surface area (Å²) in [6, 6.07) is 15.0. The maximum atomic E-state index is 12.7. The lowest BCUT2D eigenvalue weighted by Crippen LogP contribution is -2.16. The molecule has 2 aromatic carbocycles. The Bertz CT molecular complexity index is 1560. The third-order valence-corrected chi connectivity index (χ3v) is 7.11. The summed E-state index contributed by atoms with van der Waals surface area (Å²) < 4.78 is 39.1. The van der Waals surface area contributed by atoms with E-state index in [0.717, 1.165) is 23.3 Å². The van der Waals surface area contributed by atoms with Crippen LogP contribution in [0.1, 0.15) is 29.7 Å². The zero-order chi connectivity index (χ0) is 26.2. The monoisotopic (exact) mass is 519 g/mol. The summed E-state index contributed by atoms with van der Waals surface area (Å²) in [7, 11) is -3.85. The minimum Gasteiger partial charge on any atom is -0.490 e. The Kier molecular flexibility index (Phi) is 6.38. The van der Waals surface area contributed by atoms with Crippen molar-refractivity contribution in [2.24, 2.45) is 0 Å². The van der Waals surface area contributed by atoms with Crippen LogP contribution in [0.25, 0.3) is 11.3 Å². The molecule has 0 aliphatic carbocycles. The van der Waals surface area contributed by atoms with Gasteiger partial charge < -0.3 is 14.6 Å². The van der Waals surface area contributed by atoms with E-state index >= 15 is 0 Å². The number of sulfonamides is 1. The molecular formula is C26H25N5O5S. The maximum Gasteiger partial charge on any atom is 0.263 e. The molecule has 0 radical (unpaired) electrons. The lowest BCUT2D eigenvalue weighted by atomic mass is 10.1. The summed E-state index contributed by atoms with van der Waals surface area (Å²) in [6.07, 6.45) is 0.988. The van der Waals surface area contributed by atoms with Crippen LogP contribution in [0.4, 0.5) is 11.5 Å². The van der Waals surface area contributed by atoms with E-state index in [1.807, 2.05) is 25.1 Å². The Labute approximate surface area is 214 Å². The van der Waals surface area contributed by atoms with Crippen LogP contribution in [0.5, 0.6) is 5.75 Å². The summed E-state index contributed by atoms with van der Waals surface area (Å²) in [5.74, 6) is 1.80. The summed E-state index contributed by atoms with van der Waals surface area (Å²) in [4.78, 5) is 20.8. The van der Waals surface area contributed by atoms with Gasteiger partial charge in [-0.25, -0.2) is 18.4 Å². The molecule has 0 bridgehead atoms. The molecule has 1 aliphatic rings. The van der Waals surface area contributed by atoms with Gasteiger partial charge in [0, 0.05) is 35.5 Å². The smallest absolute Gasteiger partial charge is 0.263 e. The Morgan fingerprint density at radius 3 is 2.59 bits per heavy atom. The number of hydrogen-bond donors (Lipinski definition) is 2. The standard InChI is InChI=1S/C26H25N5O5S/c1-15-10-25(28-17(3)27-15)31-37(33,34)22-7-5-20(6-8-22)29-26(32)14-21-13-24(36-30-21)18-4-9-23-19(12-18)11-16(2)35-23/h4-10,12-13,16H,11,14H2,1-3H3,(H,29,32)(H,27,28,31). The number of fused-ring (bicyclic) bond motifs is 1. The molecule has 190 valence electrons. The number of nitrogens with zero attached hydrogens (tertiary/aromatic N) is 3. The van der Waals surface area contributed by atoms with Crippen molar-refractivity contribution in [3.63, 3.8) is 0 Å². The SMILES string of the molecule is Cc1cc(NS(=O)(=O)c2ccc(NC(=O)Cc3cc(-c4ccc5c(c4)CC(C)O5)on3)cc2)nc(C)n1. The van der Waals surface area contributed by atoms with Gasteiger partial charge in [-0.3, -0.25) is 9.52 Å². The van der Waals surface area contributed by atoms with E-state index in [1.165, 1.54) is 24.3 Å². The highest BCUT2D eigenvalue weighted by atomic mass is 32.2. The van der Waals surface area contributed by atoms with Gasteiger partial charge in [-0.05, 0) is 68.8 Å². The summed E-state index contributed by atoms with van der Waals surface area (Å²) in [5.41, 5.74) is 3.57. The number of aromatic nitrogens is 3. The van der Waals surface area contributed by atoms with E-state index in [0.29, 0.717) is 28.7 Å². The van der Waals surface area contributed by atoms with Gasteiger partial charge in [-0.2, -0.15) is 0 Å². The summed E-state index contributed by atoms with van der Waals surface area (Å²) in [5, 5.41) is 6.76. The van der Waals surface area contributed by atoms with Crippen LogP contribution in [0.2, 0.25) is 0 Å². The molecule has 1 unspecified atom stereocenters. The van der Waals surface area contributed by atoms with Gasteiger partial charge in [0.2, 0.25) is 5.91 Å². The van der Waals surface area contributed by atoms with E-state index < -0.39 is 10.0 Å². The van der Waals surface area contributed by atoms with Crippen LogP contribution in [0, 0.1) is 13.8 Å². The highest BCUT2D eigenvalue weighted by Crippen LogP contribution is 2.33. The predicted octanol–water partition coefficient (Wildman–Crippen LogP) is 4.05. The van der Waals surface area contributed by atoms with Crippen molar-refractivity contribution in [2.45, 2.75) is 44.6 Å². The van der Waals surface area contributed by atoms with Gasteiger partial charge in [0.05, 0.1) is 17.0 Å². The third-order valence-electron chi connectivity index (χ3n) is 5.73. The van der Waals surface area contributed by atoms with Crippen LogP contribution in [0.15, 0.2) is 64.0 Å². The molecule has 37 heavy (non-hydrogen) atoms. The van der Waals surface area contributed by atoms with Crippen molar-refractivity contribution < 1.29 is 22.5 Å². The lowest BCUT2D eigenvalue weighted by molar-refractivity contribution is -0.115. The second-order valence-electron chi connectivity index (χ2n) is 8.93. The lowest BCUT2D eigenvalue weighted by Gasteiger charge is -2.09. The minimum atomic E-state index is -3.85. The van der Waals surface area contributed by atoms with E-state index in [2.05, 4.69) is 25.2 Å². The van der Waals surface area contributed by atoms with Crippen molar-refractivity contribution in [3.05, 3.63) is 77.4 Å². The molecule has 0 fully saturated rings. The summed E-state index contributed by atoms with van der Waals surface area (Å²) in [6.45, 7) is 5.47. The van der Waals surface area contributed by atoms with E-state index in [4.69, 9.17) is 9.26 Å². The molecule has 5 rings (SSSR count). The summed E-state index contributed by atoms with van der Waals surface area (Å²) >= 11 is 0. The predicted molar refractivity (Wildman–Crippen MR) is 137 cm³/mol. The average molecular weight is 520 g/mol. The average Bonchev–Trinajstić information content (AvgIpc) is 3.43. The molecule has 4 aromatic rings. The van der Waals surface area contributed by atoms with Crippen molar-refractivity contribution in [3.8, 4) is 17.1 Å². The highest BCUT2D eigenvalue weighted by molar-refractivity contribution is 7.92. The Morgan fingerprint density at radius 2 is 1.84 bits per heavy atom. The van der Waals surface area contributed by atoms with Gasteiger partial charge in [0.15, 0.2) is 5.76 Å². The number of amides is 1. The van der Waals surface area contributed by atoms with Gasteiger partial charge in [-0.1, -0.05) is 5.16 Å². The number of aryl methyl sites for hydroxylation is 2. The quantitative estimate of drug-likeness (QED) is 0.373. The molecule has 0 saturated carbocycles. The normalized spacial score (nSPS) is 14.6. The second-order valence-corrected chi connectivity index (χ2v) is 10.6. The highest BCUT2D eigenvalue weighted by Gasteiger charge is 2.21. The van der Waals surface area contributed by atoms with Crippen molar-refractivity contribution in [1.82, 2.24) is 15.1 Å². The number of carbonyl (C=O) groups excluding carboxylic acids is 1. The Morgan fingerprint density at radius 1 is 1.05 bits per heavy atom. The molecule has 0 spiro atoms. The first kappa shape index (κ1) is 24.4. The molecule has 2 aromatic heterocycles. The van der Waals surface area contributed by atoms with Gasteiger partial charge >= 0.3 is 0 Å². The fourth-order valence-corrected chi connectivity index (χ4v) is 5.15. The Balaban J connectivity index is 1.21. The second kappa shape index (κ2) is 9.66. The number of carbonyl (C=O) groups is 1. The molecule has 1 aliphatic heterocycles. The molecular weight excluding hydrogens is 494 g/mol. The number of anilines is 2. The number of rotatable bonds is 7. The first-order valence-electron chi connectivity index (χ1n) is 11.7. The van der Waals surface area contributed by atoms with Crippen LogP contribution >= 0.6 is 0 Å². The molecule has 1 atom stereocenters. The van der Waals surface area contributed by atoms with E-state index in [1.54, 1.807) is 26.0 Å². The third kappa shape index (κ3) is 5.61. The Hall–Kier alpha value is -4.25. The molecule has 11 heteroatoms. The number of nitrogens with one attached hydrogen (secondary N) is 2. The minimum absolute atomic E-state index is 0.00259. The molecule has 0 saturated heterocycles. The topological polar surface area (TPSA) is 136 Å². The number of benzene rings is 2. The fraction of sp³-hybridized carbons (Fsp3) is 0.231. The van der Waals surface area contributed by atoms with Gasteiger partial charge in [0.25, 0.3) is 10.0 Å². The first-order chi connectivity index (χ1) is 17.6. The number of hydrogen-bond acceptors (Lipinski definition) is 8.